The van der Waals surface area contributed by atoms with E-state index in [9.17, 15) is 4.79 Å². The lowest BCUT2D eigenvalue weighted by atomic mass is 10.1. The summed E-state index contributed by atoms with van der Waals surface area (Å²) in [6.07, 6.45) is 4.44. The number of rotatable bonds is 4. The smallest absolute Gasteiger partial charge is 0.185 e. The summed E-state index contributed by atoms with van der Waals surface area (Å²) in [5.74, 6) is 0.0329. The predicted octanol–water partition coefficient (Wildman–Crippen LogP) is 4.91. The summed E-state index contributed by atoms with van der Waals surface area (Å²) in [4.78, 5) is 12.0. The highest BCUT2D eigenvalue weighted by molar-refractivity contribution is 9.10. The molecular formula is C17H15BrO. The fraction of sp³-hybridized carbons (Fsp3) is 0.118. The molecule has 2 aromatic rings. The largest absolute Gasteiger partial charge is 0.289 e. The highest BCUT2D eigenvalue weighted by Gasteiger charge is 2.01. The van der Waals surface area contributed by atoms with Crippen LogP contribution in [0.5, 0.6) is 0 Å². The van der Waals surface area contributed by atoms with Crippen molar-refractivity contribution >= 4 is 27.8 Å². The summed E-state index contributed by atoms with van der Waals surface area (Å²) in [5.41, 5.74) is 2.99. The van der Waals surface area contributed by atoms with E-state index in [1.807, 2.05) is 54.6 Å². The molecule has 0 aliphatic carbocycles. The minimum absolute atomic E-state index is 0.0329. The molecule has 0 saturated heterocycles. The molecule has 0 unspecified atom stereocenters. The number of aryl methyl sites for hydroxylation is 1. The summed E-state index contributed by atoms with van der Waals surface area (Å²) < 4.78 is 1.03. The molecule has 96 valence electrons. The Morgan fingerprint density at radius 1 is 1.05 bits per heavy atom. The van der Waals surface area contributed by atoms with Crippen LogP contribution in [-0.2, 0) is 6.42 Å². The van der Waals surface area contributed by atoms with E-state index >= 15 is 0 Å². The summed E-state index contributed by atoms with van der Waals surface area (Å²) >= 11 is 3.38. The number of benzene rings is 2. The third kappa shape index (κ3) is 3.90. The first-order chi connectivity index (χ1) is 9.19. The Morgan fingerprint density at radius 3 is 2.26 bits per heavy atom. The third-order valence-corrected chi connectivity index (χ3v) is 3.47. The number of ketones is 1. The molecular weight excluding hydrogens is 300 g/mol. The Balaban J connectivity index is 2.09. The van der Waals surface area contributed by atoms with Gasteiger partial charge in [0.2, 0.25) is 0 Å². The van der Waals surface area contributed by atoms with Crippen LogP contribution in [0.1, 0.15) is 28.4 Å². The first kappa shape index (κ1) is 13.8. The molecule has 0 aliphatic heterocycles. The molecule has 0 amide bonds. The fourth-order valence-corrected chi connectivity index (χ4v) is 2.01. The molecule has 19 heavy (non-hydrogen) atoms. The van der Waals surface area contributed by atoms with Crippen molar-refractivity contribution in [2.45, 2.75) is 13.3 Å². The number of halogens is 1. The molecule has 0 bridgehead atoms. The van der Waals surface area contributed by atoms with E-state index in [1.54, 1.807) is 6.08 Å². The maximum atomic E-state index is 12.0. The Morgan fingerprint density at radius 2 is 1.68 bits per heavy atom. The van der Waals surface area contributed by atoms with Crippen molar-refractivity contribution in [1.82, 2.24) is 0 Å². The van der Waals surface area contributed by atoms with E-state index in [2.05, 4.69) is 22.9 Å². The monoisotopic (exact) mass is 314 g/mol. The van der Waals surface area contributed by atoms with E-state index in [0.717, 1.165) is 22.0 Å². The quantitative estimate of drug-likeness (QED) is 0.579. The molecule has 0 N–H and O–H groups in total. The number of allylic oxidation sites excluding steroid dienone is 1. The van der Waals surface area contributed by atoms with Gasteiger partial charge in [0.25, 0.3) is 0 Å². The zero-order valence-electron chi connectivity index (χ0n) is 10.8. The fourth-order valence-electron chi connectivity index (χ4n) is 1.75. The number of hydrogen-bond acceptors (Lipinski definition) is 1. The SMILES string of the molecule is CCc1ccc(C(=O)C=Cc2ccc(Br)cc2)cc1. The molecule has 2 heteroatoms. The summed E-state index contributed by atoms with van der Waals surface area (Å²) in [7, 11) is 0. The van der Waals surface area contributed by atoms with Gasteiger partial charge in [0.15, 0.2) is 5.78 Å². The van der Waals surface area contributed by atoms with E-state index < -0.39 is 0 Å². The first-order valence-electron chi connectivity index (χ1n) is 6.26. The summed E-state index contributed by atoms with van der Waals surface area (Å²) in [6.45, 7) is 2.10. The second kappa shape index (κ2) is 6.48. The van der Waals surface area contributed by atoms with E-state index in [-0.39, 0.29) is 5.78 Å². The van der Waals surface area contributed by atoms with Gasteiger partial charge in [-0.3, -0.25) is 4.79 Å². The third-order valence-electron chi connectivity index (χ3n) is 2.94. The molecule has 1 nitrogen and oxygen atoms in total. The molecule has 0 aromatic heterocycles. The number of carbonyl (C=O) groups is 1. The van der Waals surface area contributed by atoms with Gasteiger partial charge in [0.1, 0.15) is 0 Å². The average molecular weight is 315 g/mol. The van der Waals surface area contributed by atoms with Crippen molar-refractivity contribution in [2.75, 3.05) is 0 Å². The van der Waals surface area contributed by atoms with Crippen molar-refractivity contribution in [1.29, 1.82) is 0 Å². The van der Waals surface area contributed by atoms with Gasteiger partial charge in [-0.05, 0) is 35.8 Å². The number of carbonyl (C=O) groups excluding carboxylic acids is 1. The van der Waals surface area contributed by atoms with Gasteiger partial charge in [-0.2, -0.15) is 0 Å². The average Bonchev–Trinajstić information content (AvgIpc) is 2.46. The van der Waals surface area contributed by atoms with Crippen LogP contribution in [0, 0.1) is 0 Å². The van der Waals surface area contributed by atoms with E-state index in [1.165, 1.54) is 5.56 Å². The van der Waals surface area contributed by atoms with Gasteiger partial charge in [-0.1, -0.05) is 65.3 Å². The van der Waals surface area contributed by atoms with Crippen molar-refractivity contribution in [2.24, 2.45) is 0 Å². The Bertz CT molecular complexity index is 580. The van der Waals surface area contributed by atoms with Crippen LogP contribution in [0.3, 0.4) is 0 Å². The van der Waals surface area contributed by atoms with Crippen molar-refractivity contribution < 1.29 is 4.79 Å². The Kier molecular flexibility index (Phi) is 4.69. The molecule has 0 radical (unpaired) electrons. The molecule has 0 fully saturated rings. The molecule has 0 aliphatic rings. The first-order valence-corrected chi connectivity index (χ1v) is 7.05. The van der Waals surface area contributed by atoms with Crippen LogP contribution < -0.4 is 0 Å². The lowest BCUT2D eigenvalue weighted by Crippen LogP contribution is -1.94. The van der Waals surface area contributed by atoms with Gasteiger partial charge in [0, 0.05) is 10.0 Å². The molecule has 0 atom stereocenters. The topological polar surface area (TPSA) is 17.1 Å². The van der Waals surface area contributed by atoms with Crippen molar-refractivity contribution in [3.05, 3.63) is 75.8 Å². The van der Waals surface area contributed by atoms with Crippen LogP contribution in [0.25, 0.3) is 6.08 Å². The van der Waals surface area contributed by atoms with Crippen LogP contribution in [-0.4, -0.2) is 5.78 Å². The van der Waals surface area contributed by atoms with Crippen LogP contribution >= 0.6 is 15.9 Å². The molecule has 0 saturated carbocycles. The van der Waals surface area contributed by atoms with Gasteiger partial charge in [-0.25, -0.2) is 0 Å². The molecule has 2 rings (SSSR count). The zero-order valence-corrected chi connectivity index (χ0v) is 12.4. The lowest BCUT2D eigenvalue weighted by molar-refractivity contribution is 0.104. The molecule has 0 spiro atoms. The van der Waals surface area contributed by atoms with E-state index in [0.29, 0.717) is 0 Å². The predicted molar refractivity (Wildman–Crippen MR) is 83.3 cm³/mol. The maximum absolute atomic E-state index is 12.0. The normalized spacial score (nSPS) is 10.8. The lowest BCUT2D eigenvalue weighted by Gasteiger charge is -1.99. The van der Waals surface area contributed by atoms with Gasteiger partial charge < -0.3 is 0 Å². The van der Waals surface area contributed by atoms with Crippen LogP contribution in [0.2, 0.25) is 0 Å². The summed E-state index contributed by atoms with van der Waals surface area (Å²) in [6, 6.07) is 15.6. The van der Waals surface area contributed by atoms with Crippen molar-refractivity contribution in [3.63, 3.8) is 0 Å². The second-order valence-electron chi connectivity index (χ2n) is 4.30. The summed E-state index contributed by atoms with van der Waals surface area (Å²) in [5, 5.41) is 0. The second-order valence-corrected chi connectivity index (χ2v) is 5.22. The van der Waals surface area contributed by atoms with Crippen LogP contribution in [0.4, 0.5) is 0 Å². The highest BCUT2D eigenvalue weighted by Crippen LogP contribution is 2.12. The molecule has 0 heterocycles. The Hall–Kier alpha value is -1.67. The Labute approximate surface area is 122 Å². The number of hydrogen-bond donors (Lipinski definition) is 0. The minimum Gasteiger partial charge on any atom is -0.289 e. The minimum atomic E-state index is 0.0329. The van der Waals surface area contributed by atoms with Crippen LogP contribution in [0.15, 0.2) is 59.1 Å². The van der Waals surface area contributed by atoms with Gasteiger partial charge in [-0.15, -0.1) is 0 Å². The standard InChI is InChI=1S/C17H15BrO/c1-2-13-3-8-15(9-4-13)17(19)12-7-14-5-10-16(18)11-6-14/h3-12H,2H2,1H3. The van der Waals surface area contributed by atoms with Gasteiger partial charge in [0.05, 0.1) is 0 Å². The van der Waals surface area contributed by atoms with Gasteiger partial charge >= 0.3 is 0 Å². The zero-order chi connectivity index (χ0) is 13.7. The van der Waals surface area contributed by atoms with E-state index in [4.69, 9.17) is 0 Å². The van der Waals surface area contributed by atoms with Crippen molar-refractivity contribution in [3.8, 4) is 0 Å². The highest BCUT2D eigenvalue weighted by atomic mass is 79.9. The maximum Gasteiger partial charge on any atom is 0.185 e. The molecule has 2 aromatic carbocycles.